The van der Waals surface area contributed by atoms with E-state index in [1.807, 2.05) is 0 Å². The minimum absolute atomic E-state index is 0.0177. The summed E-state index contributed by atoms with van der Waals surface area (Å²) in [4.78, 5) is 20.8. The van der Waals surface area contributed by atoms with E-state index >= 15 is 0 Å². The molecule has 8 heteroatoms. The maximum atomic E-state index is 12.4. The Hall–Kier alpha value is -3.00. The first-order chi connectivity index (χ1) is 11.2. The number of anilines is 2. The zero-order valence-corrected chi connectivity index (χ0v) is 12.5. The number of hydrogen-bond acceptors (Lipinski definition) is 6. The molecule has 3 rings (SSSR count). The molecule has 118 valence electrons. The summed E-state index contributed by atoms with van der Waals surface area (Å²) in [6.07, 6.45) is 3.20. The molecule has 8 nitrogen and oxygen atoms in total. The van der Waals surface area contributed by atoms with Gasteiger partial charge in [0.05, 0.1) is 23.9 Å². The number of aryl methyl sites for hydroxylation is 1. The summed E-state index contributed by atoms with van der Waals surface area (Å²) in [5, 5.41) is 19.5. The summed E-state index contributed by atoms with van der Waals surface area (Å²) in [5.41, 5.74) is 1.49. The van der Waals surface area contributed by atoms with E-state index in [-0.39, 0.29) is 12.5 Å². The van der Waals surface area contributed by atoms with Gasteiger partial charge in [0.2, 0.25) is 0 Å². The quantitative estimate of drug-likeness (QED) is 0.649. The van der Waals surface area contributed by atoms with Gasteiger partial charge in [-0.05, 0) is 24.3 Å². The molecule has 0 bridgehead atoms. The first-order valence-electron chi connectivity index (χ1n) is 7.09. The lowest BCUT2D eigenvalue weighted by molar-refractivity contribution is 0.102. The minimum atomic E-state index is -0.318. The standard InChI is InChI=1S/C15H16N6O2/c1-21-14-11(4-5-12(19-14)17-7-8-22)13(20-21)15(23)18-10-3-2-6-16-9-10/h2-6,9,22H,7-8H2,1H3,(H,17,19)(H,18,23). The predicted octanol–water partition coefficient (Wildman–Crippen LogP) is 1.02. The fourth-order valence-corrected chi connectivity index (χ4v) is 2.21. The number of pyridine rings is 2. The highest BCUT2D eigenvalue weighted by Crippen LogP contribution is 2.19. The van der Waals surface area contributed by atoms with Crippen LogP contribution in [0.2, 0.25) is 0 Å². The van der Waals surface area contributed by atoms with Crippen LogP contribution in [-0.2, 0) is 7.05 Å². The Morgan fingerprint density at radius 3 is 2.96 bits per heavy atom. The van der Waals surface area contributed by atoms with Crippen LogP contribution in [0.4, 0.5) is 11.5 Å². The molecule has 0 aliphatic rings. The molecule has 0 radical (unpaired) electrons. The van der Waals surface area contributed by atoms with E-state index in [1.54, 1.807) is 48.4 Å². The number of amides is 1. The molecule has 1 amide bonds. The number of hydrogen-bond donors (Lipinski definition) is 3. The van der Waals surface area contributed by atoms with Crippen molar-refractivity contribution in [3.8, 4) is 0 Å². The SMILES string of the molecule is Cn1nc(C(=O)Nc2cccnc2)c2ccc(NCCO)nc21. The molecule has 0 fully saturated rings. The van der Waals surface area contributed by atoms with E-state index in [0.717, 1.165) is 0 Å². The fraction of sp³-hybridized carbons (Fsp3) is 0.200. The molecule has 0 saturated carbocycles. The highest BCUT2D eigenvalue weighted by molar-refractivity contribution is 6.10. The molecule has 0 unspecified atom stereocenters. The van der Waals surface area contributed by atoms with Gasteiger partial charge in [-0.25, -0.2) is 9.67 Å². The molecule has 23 heavy (non-hydrogen) atoms. The lowest BCUT2D eigenvalue weighted by Crippen LogP contribution is -2.13. The lowest BCUT2D eigenvalue weighted by Gasteiger charge is -2.04. The summed E-state index contributed by atoms with van der Waals surface area (Å²) in [6, 6.07) is 7.03. The second kappa shape index (κ2) is 6.41. The van der Waals surface area contributed by atoms with E-state index in [0.29, 0.717) is 34.8 Å². The van der Waals surface area contributed by atoms with Crippen LogP contribution in [0, 0.1) is 0 Å². The van der Waals surface area contributed by atoms with Crippen molar-refractivity contribution in [1.82, 2.24) is 19.7 Å². The van der Waals surface area contributed by atoms with Crippen molar-refractivity contribution >= 4 is 28.4 Å². The number of aliphatic hydroxyl groups excluding tert-OH is 1. The topological polar surface area (TPSA) is 105 Å². The normalized spacial score (nSPS) is 10.7. The Morgan fingerprint density at radius 1 is 1.35 bits per heavy atom. The second-order valence-corrected chi connectivity index (χ2v) is 4.89. The van der Waals surface area contributed by atoms with E-state index in [4.69, 9.17) is 5.11 Å². The van der Waals surface area contributed by atoms with Crippen LogP contribution in [-0.4, -0.2) is 43.9 Å². The zero-order valence-electron chi connectivity index (χ0n) is 12.5. The largest absolute Gasteiger partial charge is 0.395 e. The third-order valence-electron chi connectivity index (χ3n) is 3.24. The van der Waals surface area contributed by atoms with Gasteiger partial charge in [0.15, 0.2) is 11.3 Å². The maximum Gasteiger partial charge on any atom is 0.276 e. The van der Waals surface area contributed by atoms with E-state index in [1.165, 1.54) is 0 Å². The number of rotatable bonds is 5. The Labute approximate surface area is 132 Å². The van der Waals surface area contributed by atoms with E-state index in [2.05, 4.69) is 25.7 Å². The lowest BCUT2D eigenvalue weighted by atomic mass is 10.2. The van der Waals surface area contributed by atoms with Crippen LogP contribution < -0.4 is 10.6 Å². The predicted molar refractivity (Wildman–Crippen MR) is 86.3 cm³/mol. The first-order valence-corrected chi connectivity index (χ1v) is 7.09. The number of nitrogens with one attached hydrogen (secondary N) is 2. The summed E-state index contributed by atoms with van der Waals surface area (Å²) in [7, 11) is 1.73. The van der Waals surface area contributed by atoms with Gasteiger partial charge in [0.25, 0.3) is 5.91 Å². The average Bonchev–Trinajstić information content (AvgIpc) is 2.90. The van der Waals surface area contributed by atoms with Gasteiger partial charge in [-0.2, -0.15) is 5.10 Å². The van der Waals surface area contributed by atoms with Gasteiger partial charge in [-0.3, -0.25) is 9.78 Å². The van der Waals surface area contributed by atoms with Crippen LogP contribution in [0.5, 0.6) is 0 Å². The third kappa shape index (κ3) is 3.11. The van der Waals surface area contributed by atoms with Crippen LogP contribution in [0.3, 0.4) is 0 Å². The second-order valence-electron chi connectivity index (χ2n) is 4.89. The highest BCUT2D eigenvalue weighted by Gasteiger charge is 2.17. The first kappa shape index (κ1) is 14.9. The monoisotopic (exact) mass is 312 g/mol. The molecule has 0 aliphatic carbocycles. The van der Waals surface area contributed by atoms with Crippen LogP contribution in [0.25, 0.3) is 11.0 Å². The molecule has 0 aliphatic heterocycles. The summed E-state index contributed by atoms with van der Waals surface area (Å²) in [5.74, 6) is 0.301. The highest BCUT2D eigenvalue weighted by atomic mass is 16.3. The number of carbonyl (C=O) groups excluding carboxylic acids is 1. The molecular formula is C15H16N6O2. The van der Waals surface area contributed by atoms with E-state index in [9.17, 15) is 4.79 Å². The molecule has 3 aromatic rings. The van der Waals surface area contributed by atoms with Crippen molar-refractivity contribution in [2.75, 3.05) is 23.8 Å². The molecular weight excluding hydrogens is 296 g/mol. The van der Waals surface area contributed by atoms with Crippen molar-refractivity contribution in [2.45, 2.75) is 0 Å². The van der Waals surface area contributed by atoms with Crippen LogP contribution >= 0.6 is 0 Å². The van der Waals surface area contributed by atoms with Crippen molar-refractivity contribution in [1.29, 1.82) is 0 Å². The van der Waals surface area contributed by atoms with Crippen molar-refractivity contribution < 1.29 is 9.90 Å². The third-order valence-corrected chi connectivity index (χ3v) is 3.24. The van der Waals surface area contributed by atoms with Crippen molar-refractivity contribution in [2.24, 2.45) is 7.05 Å². The van der Waals surface area contributed by atoms with Crippen LogP contribution in [0.15, 0.2) is 36.7 Å². The van der Waals surface area contributed by atoms with Crippen LogP contribution in [0.1, 0.15) is 10.5 Å². The van der Waals surface area contributed by atoms with Crippen molar-refractivity contribution in [3.63, 3.8) is 0 Å². The Kier molecular flexibility index (Phi) is 4.15. The maximum absolute atomic E-state index is 12.4. The minimum Gasteiger partial charge on any atom is -0.395 e. The van der Waals surface area contributed by atoms with Crippen molar-refractivity contribution in [3.05, 3.63) is 42.4 Å². The Bertz CT molecular complexity index is 831. The smallest absolute Gasteiger partial charge is 0.276 e. The average molecular weight is 312 g/mol. The van der Waals surface area contributed by atoms with Gasteiger partial charge in [-0.15, -0.1) is 0 Å². The number of carbonyl (C=O) groups is 1. The number of aliphatic hydroxyl groups is 1. The molecule has 0 atom stereocenters. The number of nitrogens with zero attached hydrogens (tertiary/aromatic N) is 4. The summed E-state index contributed by atoms with van der Waals surface area (Å²) < 4.78 is 1.55. The molecule has 3 N–H and O–H groups in total. The summed E-state index contributed by atoms with van der Waals surface area (Å²) >= 11 is 0. The van der Waals surface area contributed by atoms with Gasteiger partial charge < -0.3 is 15.7 Å². The number of aromatic nitrogens is 4. The zero-order chi connectivity index (χ0) is 16.2. The molecule has 3 aromatic heterocycles. The molecule has 0 saturated heterocycles. The van der Waals surface area contributed by atoms with Gasteiger partial charge in [0.1, 0.15) is 5.82 Å². The van der Waals surface area contributed by atoms with Gasteiger partial charge >= 0.3 is 0 Å². The van der Waals surface area contributed by atoms with Gasteiger partial charge in [-0.1, -0.05) is 0 Å². The molecule has 3 heterocycles. The van der Waals surface area contributed by atoms with Gasteiger partial charge in [0, 0.05) is 19.8 Å². The molecule has 0 aromatic carbocycles. The number of fused-ring (bicyclic) bond motifs is 1. The fourth-order valence-electron chi connectivity index (χ4n) is 2.21. The van der Waals surface area contributed by atoms with E-state index < -0.39 is 0 Å². The Balaban J connectivity index is 1.90. The molecule has 0 spiro atoms. The summed E-state index contributed by atoms with van der Waals surface area (Å²) in [6.45, 7) is 0.425. The Morgan fingerprint density at radius 2 is 2.22 bits per heavy atom.